The van der Waals surface area contributed by atoms with Crippen molar-refractivity contribution in [3.63, 3.8) is 0 Å². The summed E-state index contributed by atoms with van der Waals surface area (Å²) in [6, 6.07) is 7.56. The van der Waals surface area contributed by atoms with Gasteiger partial charge in [0.25, 0.3) is 0 Å². The number of carbonyl (C=O) groups excluding carboxylic acids is 1. The molecule has 110 valence electrons. The molecule has 5 nitrogen and oxygen atoms in total. The fraction of sp³-hybridized carbons (Fsp3) is 0.467. The molecule has 0 radical (unpaired) electrons. The molecule has 1 amide bonds. The minimum Gasteiger partial charge on any atom is -0.492 e. The van der Waals surface area contributed by atoms with E-state index >= 15 is 0 Å². The predicted octanol–water partition coefficient (Wildman–Crippen LogP) is 2.78. The molecule has 0 atom stereocenters. The highest BCUT2D eigenvalue weighted by molar-refractivity contribution is 5.67. The van der Waals surface area contributed by atoms with Crippen LogP contribution in [0.3, 0.4) is 0 Å². The highest BCUT2D eigenvalue weighted by Crippen LogP contribution is 2.13. The van der Waals surface area contributed by atoms with Gasteiger partial charge in [-0.25, -0.2) is 4.79 Å². The first-order valence-electron chi connectivity index (χ1n) is 6.58. The third-order valence-corrected chi connectivity index (χ3v) is 2.28. The highest BCUT2D eigenvalue weighted by atomic mass is 16.6. The predicted molar refractivity (Wildman–Crippen MR) is 78.7 cm³/mol. The summed E-state index contributed by atoms with van der Waals surface area (Å²) in [6.07, 6.45) is 1.50. The van der Waals surface area contributed by atoms with Gasteiger partial charge in [-0.2, -0.15) is 0 Å². The molecule has 0 bridgehead atoms. The van der Waals surface area contributed by atoms with Crippen molar-refractivity contribution >= 4 is 12.3 Å². The van der Waals surface area contributed by atoms with Crippen molar-refractivity contribution in [2.24, 2.45) is 0 Å². The summed E-state index contributed by atoms with van der Waals surface area (Å²) >= 11 is 0. The molecule has 1 aromatic carbocycles. The lowest BCUT2D eigenvalue weighted by molar-refractivity contribution is 0.0520. The number of benzene rings is 1. The van der Waals surface area contributed by atoms with Crippen LogP contribution in [0.15, 0.2) is 24.3 Å². The zero-order valence-corrected chi connectivity index (χ0v) is 12.2. The van der Waals surface area contributed by atoms with Crippen molar-refractivity contribution in [3.05, 3.63) is 29.8 Å². The van der Waals surface area contributed by atoms with Crippen LogP contribution in [-0.4, -0.2) is 31.1 Å². The Labute approximate surface area is 119 Å². The van der Waals surface area contributed by atoms with E-state index in [4.69, 9.17) is 14.9 Å². The Bertz CT molecular complexity index is 453. The molecule has 0 aliphatic carbocycles. The summed E-state index contributed by atoms with van der Waals surface area (Å²) in [6.45, 7) is 6.20. The Hall–Kier alpha value is -2.04. The zero-order chi connectivity index (χ0) is 15.0. The molecular weight excluding hydrogens is 256 g/mol. The second kappa shape index (κ2) is 7.53. The average Bonchev–Trinajstić information content (AvgIpc) is 2.33. The van der Waals surface area contributed by atoms with Crippen LogP contribution in [0, 0.1) is 5.41 Å². The van der Waals surface area contributed by atoms with Gasteiger partial charge in [0.2, 0.25) is 0 Å². The molecule has 1 rings (SSSR count). The van der Waals surface area contributed by atoms with Crippen molar-refractivity contribution in [1.29, 1.82) is 5.41 Å². The fourth-order valence-electron chi connectivity index (χ4n) is 1.52. The van der Waals surface area contributed by atoms with Gasteiger partial charge in [-0.15, -0.1) is 0 Å². The molecule has 0 aliphatic heterocycles. The molecular formula is C15H22N2O3. The van der Waals surface area contributed by atoms with Gasteiger partial charge in [0.1, 0.15) is 18.0 Å². The van der Waals surface area contributed by atoms with Crippen molar-refractivity contribution in [3.8, 4) is 5.75 Å². The van der Waals surface area contributed by atoms with Crippen LogP contribution in [0.4, 0.5) is 4.79 Å². The van der Waals surface area contributed by atoms with Gasteiger partial charge in [0, 0.05) is 6.42 Å². The molecule has 0 aromatic heterocycles. The second-order valence-electron chi connectivity index (χ2n) is 5.33. The largest absolute Gasteiger partial charge is 0.492 e. The first-order chi connectivity index (χ1) is 9.40. The number of hydrogen-bond acceptors (Lipinski definition) is 4. The van der Waals surface area contributed by atoms with Crippen molar-refractivity contribution in [2.75, 3.05) is 13.2 Å². The van der Waals surface area contributed by atoms with Gasteiger partial charge in [0.05, 0.1) is 6.54 Å². The summed E-state index contributed by atoms with van der Waals surface area (Å²) in [4.78, 5) is 11.4. The lowest BCUT2D eigenvalue weighted by Crippen LogP contribution is -2.34. The maximum atomic E-state index is 11.4. The fourth-order valence-corrected chi connectivity index (χ4v) is 1.52. The molecule has 2 N–H and O–H groups in total. The number of carbonyl (C=O) groups is 1. The van der Waals surface area contributed by atoms with E-state index in [0.717, 1.165) is 11.3 Å². The Balaban J connectivity index is 2.29. The van der Waals surface area contributed by atoms with Crippen LogP contribution in [0.5, 0.6) is 5.75 Å². The monoisotopic (exact) mass is 278 g/mol. The summed E-state index contributed by atoms with van der Waals surface area (Å²) < 4.78 is 10.6. The zero-order valence-electron chi connectivity index (χ0n) is 12.2. The van der Waals surface area contributed by atoms with E-state index in [0.29, 0.717) is 19.6 Å². The van der Waals surface area contributed by atoms with E-state index in [2.05, 4.69) is 5.32 Å². The minimum atomic E-state index is -0.494. The topological polar surface area (TPSA) is 71.4 Å². The summed E-state index contributed by atoms with van der Waals surface area (Å²) in [5.74, 6) is 0.732. The number of alkyl carbamates (subject to hydrolysis) is 1. The number of ether oxygens (including phenoxy) is 2. The molecule has 1 aromatic rings. The van der Waals surface area contributed by atoms with Gasteiger partial charge in [-0.05, 0) is 44.7 Å². The van der Waals surface area contributed by atoms with Gasteiger partial charge >= 0.3 is 6.09 Å². The van der Waals surface area contributed by atoms with E-state index in [1.165, 1.54) is 6.21 Å². The lowest BCUT2D eigenvalue weighted by atomic mass is 10.1. The highest BCUT2D eigenvalue weighted by Gasteiger charge is 2.15. The van der Waals surface area contributed by atoms with E-state index in [9.17, 15) is 4.79 Å². The van der Waals surface area contributed by atoms with Crippen LogP contribution >= 0.6 is 0 Å². The Morgan fingerprint density at radius 2 is 2.15 bits per heavy atom. The number of amides is 1. The average molecular weight is 278 g/mol. The van der Waals surface area contributed by atoms with Gasteiger partial charge < -0.3 is 20.2 Å². The maximum Gasteiger partial charge on any atom is 0.407 e. The van der Waals surface area contributed by atoms with E-state index in [-0.39, 0.29) is 0 Å². The number of rotatable bonds is 6. The Morgan fingerprint density at radius 1 is 1.40 bits per heavy atom. The SMILES string of the molecule is CC(C)(C)OC(=O)NCCOc1cccc(CC=N)c1. The molecule has 0 saturated heterocycles. The van der Waals surface area contributed by atoms with Gasteiger partial charge in [-0.3, -0.25) is 0 Å². The molecule has 0 fully saturated rings. The van der Waals surface area contributed by atoms with E-state index in [1.807, 2.05) is 45.0 Å². The molecule has 0 aliphatic rings. The summed E-state index contributed by atoms with van der Waals surface area (Å²) in [7, 11) is 0. The molecule has 20 heavy (non-hydrogen) atoms. The molecule has 0 heterocycles. The van der Waals surface area contributed by atoms with Crippen LogP contribution in [0.25, 0.3) is 0 Å². The van der Waals surface area contributed by atoms with Crippen LogP contribution in [0.2, 0.25) is 0 Å². The summed E-state index contributed by atoms with van der Waals surface area (Å²) in [5, 5.41) is 9.70. The summed E-state index contributed by atoms with van der Waals surface area (Å²) in [5.41, 5.74) is 0.532. The normalized spacial score (nSPS) is 10.8. The van der Waals surface area contributed by atoms with Crippen molar-refractivity contribution in [1.82, 2.24) is 5.32 Å². The third-order valence-electron chi connectivity index (χ3n) is 2.28. The van der Waals surface area contributed by atoms with Crippen molar-refractivity contribution < 1.29 is 14.3 Å². The Kier molecular flexibility index (Phi) is 6.03. The van der Waals surface area contributed by atoms with Gasteiger partial charge in [-0.1, -0.05) is 12.1 Å². The molecule has 0 saturated carbocycles. The standard InChI is InChI=1S/C15H22N2O3/c1-15(2,3)20-14(18)17-9-10-19-13-6-4-5-12(11-13)7-8-16/h4-6,8,11,16H,7,9-10H2,1-3H3,(H,17,18). The van der Waals surface area contributed by atoms with E-state index < -0.39 is 11.7 Å². The lowest BCUT2D eigenvalue weighted by Gasteiger charge is -2.19. The molecule has 5 heteroatoms. The van der Waals surface area contributed by atoms with Crippen LogP contribution in [-0.2, 0) is 11.2 Å². The van der Waals surface area contributed by atoms with Crippen LogP contribution in [0.1, 0.15) is 26.3 Å². The van der Waals surface area contributed by atoms with Crippen LogP contribution < -0.4 is 10.1 Å². The minimum absolute atomic E-state index is 0.368. The second-order valence-corrected chi connectivity index (χ2v) is 5.33. The Morgan fingerprint density at radius 3 is 2.80 bits per heavy atom. The first kappa shape index (κ1) is 16.0. The number of nitrogens with one attached hydrogen (secondary N) is 2. The van der Waals surface area contributed by atoms with Crippen molar-refractivity contribution in [2.45, 2.75) is 32.8 Å². The third kappa shape index (κ3) is 6.78. The smallest absolute Gasteiger partial charge is 0.407 e. The van der Waals surface area contributed by atoms with E-state index in [1.54, 1.807) is 0 Å². The van der Waals surface area contributed by atoms with Gasteiger partial charge in [0.15, 0.2) is 0 Å². The number of hydrogen-bond donors (Lipinski definition) is 2. The molecule has 0 spiro atoms. The quantitative estimate of drug-likeness (QED) is 0.621. The first-order valence-corrected chi connectivity index (χ1v) is 6.58. The maximum absolute atomic E-state index is 11.4. The molecule has 0 unspecified atom stereocenters.